The van der Waals surface area contributed by atoms with Crippen molar-refractivity contribution in [1.29, 1.82) is 0 Å². The first-order valence-electron chi connectivity index (χ1n) is 5.89. The molecule has 4 aromatic rings. The second-order valence-electron chi connectivity index (χ2n) is 4.45. The van der Waals surface area contributed by atoms with Gasteiger partial charge in [0.1, 0.15) is 12.0 Å². The smallest absolute Gasteiger partial charge is 0.202 e. The van der Waals surface area contributed by atoms with Crippen molar-refractivity contribution >= 4 is 28.3 Å². The Kier molecular flexibility index (Phi) is 2.14. The van der Waals surface area contributed by atoms with E-state index in [2.05, 4.69) is 30.4 Å². The lowest BCUT2D eigenvalue weighted by Crippen LogP contribution is -1.95. The van der Waals surface area contributed by atoms with Crippen LogP contribution in [0.25, 0.3) is 28.2 Å². The highest BCUT2D eigenvalue weighted by Crippen LogP contribution is 2.28. The third-order valence-corrected chi connectivity index (χ3v) is 3.60. The maximum Gasteiger partial charge on any atom is 0.202 e. The fourth-order valence-electron chi connectivity index (χ4n) is 2.22. The zero-order chi connectivity index (χ0) is 13.9. The zero-order valence-corrected chi connectivity index (χ0v) is 11.4. The first-order chi connectivity index (χ1) is 9.65. The normalized spacial score (nSPS) is 11.8. The Morgan fingerprint density at radius 1 is 1.30 bits per heavy atom. The predicted molar refractivity (Wildman–Crippen MR) is 72.4 cm³/mol. The van der Waals surface area contributed by atoms with E-state index in [1.165, 1.54) is 0 Å². The molecule has 4 heterocycles. The van der Waals surface area contributed by atoms with Crippen LogP contribution in [0, 0.1) is 6.92 Å². The third-order valence-electron chi connectivity index (χ3n) is 3.15. The Balaban J connectivity index is 2.05. The van der Waals surface area contributed by atoms with Gasteiger partial charge in [-0.2, -0.15) is 10.2 Å². The molecule has 9 heteroatoms. The first kappa shape index (κ1) is 11.4. The topological polar surface area (TPSA) is 89.6 Å². The van der Waals surface area contributed by atoms with Gasteiger partial charge in [0.05, 0.1) is 22.3 Å². The second-order valence-corrected chi connectivity index (χ2v) is 4.83. The van der Waals surface area contributed by atoms with Gasteiger partial charge in [-0.1, -0.05) is 11.6 Å². The summed E-state index contributed by atoms with van der Waals surface area (Å²) < 4.78 is 3.28. The lowest BCUT2D eigenvalue weighted by atomic mass is 10.3. The molecule has 0 atom stereocenters. The number of hydrogen-bond donors (Lipinski definition) is 1. The number of aryl methyl sites for hydroxylation is 2. The van der Waals surface area contributed by atoms with Crippen molar-refractivity contribution in [2.45, 2.75) is 6.92 Å². The molecule has 8 nitrogen and oxygen atoms in total. The molecule has 0 spiro atoms. The van der Waals surface area contributed by atoms with Crippen LogP contribution in [0.3, 0.4) is 0 Å². The molecule has 0 aromatic carbocycles. The summed E-state index contributed by atoms with van der Waals surface area (Å²) in [7, 11) is 1.81. The SMILES string of the molecule is Cc1nn(C)c(-c2nc3c4cn[nH]c4ncn3n2)c1Cl. The maximum atomic E-state index is 6.27. The van der Waals surface area contributed by atoms with Crippen molar-refractivity contribution in [3.05, 3.63) is 23.2 Å². The Hall–Kier alpha value is -2.48. The van der Waals surface area contributed by atoms with Crippen LogP contribution < -0.4 is 0 Å². The van der Waals surface area contributed by atoms with Crippen molar-refractivity contribution in [2.24, 2.45) is 7.05 Å². The van der Waals surface area contributed by atoms with Gasteiger partial charge in [0.15, 0.2) is 11.3 Å². The van der Waals surface area contributed by atoms with E-state index in [9.17, 15) is 0 Å². The Labute approximate surface area is 117 Å². The molecule has 0 bridgehead atoms. The van der Waals surface area contributed by atoms with Crippen LogP contribution in [0.5, 0.6) is 0 Å². The van der Waals surface area contributed by atoms with E-state index in [4.69, 9.17) is 11.6 Å². The molecule has 0 aliphatic rings. The fourth-order valence-corrected chi connectivity index (χ4v) is 2.46. The summed E-state index contributed by atoms with van der Waals surface area (Å²) in [6.07, 6.45) is 3.26. The van der Waals surface area contributed by atoms with Gasteiger partial charge < -0.3 is 0 Å². The number of H-pyrrole nitrogens is 1. The van der Waals surface area contributed by atoms with Crippen LogP contribution in [0.2, 0.25) is 5.02 Å². The van der Waals surface area contributed by atoms with Gasteiger partial charge in [-0.25, -0.2) is 14.5 Å². The summed E-state index contributed by atoms with van der Waals surface area (Å²) in [5.41, 5.74) is 2.77. The number of halogens is 1. The summed E-state index contributed by atoms with van der Waals surface area (Å²) in [5, 5.41) is 16.8. The highest BCUT2D eigenvalue weighted by atomic mass is 35.5. The molecule has 100 valence electrons. The van der Waals surface area contributed by atoms with Gasteiger partial charge in [-0.05, 0) is 6.92 Å². The van der Waals surface area contributed by atoms with Crippen molar-refractivity contribution < 1.29 is 0 Å². The minimum Gasteiger partial charge on any atom is -0.263 e. The number of rotatable bonds is 1. The summed E-state index contributed by atoms with van der Waals surface area (Å²) >= 11 is 6.27. The molecule has 0 saturated carbocycles. The van der Waals surface area contributed by atoms with Crippen LogP contribution in [0.1, 0.15) is 5.69 Å². The van der Waals surface area contributed by atoms with Crippen LogP contribution in [-0.4, -0.2) is 39.6 Å². The van der Waals surface area contributed by atoms with Gasteiger partial charge >= 0.3 is 0 Å². The summed E-state index contributed by atoms with van der Waals surface area (Å²) in [6, 6.07) is 0. The van der Waals surface area contributed by atoms with Crippen LogP contribution in [0.4, 0.5) is 0 Å². The van der Waals surface area contributed by atoms with E-state index in [-0.39, 0.29) is 0 Å². The highest BCUT2D eigenvalue weighted by molar-refractivity contribution is 6.33. The van der Waals surface area contributed by atoms with E-state index >= 15 is 0 Å². The van der Waals surface area contributed by atoms with E-state index in [1.54, 1.807) is 21.7 Å². The minimum absolute atomic E-state index is 0.508. The molecule has 4 rings (SSSR count). The molecule has 1 N–H and O–H groups in total. The van der Waals surface area contributed by atoms with E-state index in [1.807, 2.05) is 14.0 Å². The van der Waals surface area contributed by atoms with Crippen molar-refractivity contribution in [3.63, 3.8) is 0 Å². The number of hydrogen-bond acceptors (Lipinski definition) is 5. The number of nitrogens with one attached hydrogen (secondary N) is 1. The Morgan fingerprint density at radius 2 is 2.15 bits per heavy atom. The van der Waals surface area contributed by atoms with Gasteiger partial charge in [0, 0.05) is 7.05 Å². The van der Waals surface area contributed by atoms with Crippen LogP contribution in [0.15, 0.2) is 12.5 Å². The molecule has 0 saturated heterocycles. The molecular weight excluding hydrogens is 280 g/mol. The molecule has 4 aromatic heterocycles. The standard InChI is InChI=1S/C11H9ClN8/c1-5-7(12)8(19(2)17-5)10-15-11-6-3-14-16-9(6)13-4-20(11)18-10/h3-4H,1-2H3,(H,14,16). The Morgan fingerprint density at radius 3 is 2.90 bits per heavy atom. The van der Waals surface area contributed by atoms with Crippen molar-refractivity contribution in [2.75, 3.05) is 0 Å². The predicted octanol–water partition coefficient (Wildman–Crippen LogP) is 1.36. The second kappa shape index (κ2) is 3.76. The zero-order valence-electron chi connectivity index (χ0n) is 10.7. The van der Waals surface area contributed by atoms with Gasteiger partial charge in [-0.15, -0.1) is 5.10 Å². The number of aromatic amines is 1. The minimum atomic E-state index is 0.508. The van der Waals surface area contributed by atoms with E-state index in [0.29, 0.717) is 27.8 Å². The number of aromatic nitrogens is 8. The fraction of sp³-hybridized carbons (Fsp3) is 0.182. The van der Waals surface area contributed by atoms with E-state index in [0.717, 1.165) is 11.1 Å². The monoisotopic (exact) mass is 288 g/mol. The van der Waals surface area contributed by atoms with Crippen molar-refractivity contribution in [3.8, 4) is 11.5 Å². The van der Waals surface area contributed by atoms with Crippen LogP contribution >= 0.6 is 11.6 Å². The highest BCUT2D eigenvalue weighted by Gasteiger charge is 2.19. The lowest BCUT2D eigenvalue weighted by molar-refractivity contribution is 0.758. The average Bonchev–Trinajstić information content (AvgIpc) is 3.07. The Bertz CT molecular complexity index is 946. The third kappa shape index (κ3) is 1.39. The van der Waals surface area contributed by atoms with Gasteiger partial charge in [0.25, 0.3) is 0 Å². The molecule has 20 heavy (non-hydrogen) atoms. The van der Waals surface area contributed by atoms with Gasteiger partial charge in [0.2, 0.25) is 5.82 Å². The maximum absolute atomic E-state index is 6.27. The molecule has 0 radical (unpaired) electrons. The quantitative estimate of drug-likeness (QED) is 0.571. The van der Waals surface area contributed by atoms with Crippen molar-refractivity contribution in [1.82, 2.24) is 39.6 Å². The summed E-state index contributed by atoms with van der Waals surface area (Å²) in [5.74, 6) is 0.508. The number of nitrogens with zero attached hydrogens (tertiary/aromatic N) is 7. The lowest BCUT2D eigenvalue weighted by Gasteiger charge is -1.95. The average molecular weight is 289 g/mol. The summed E-state index contributed by atoms with van der Waals surface area (Å²) in [6.45, 7) is 1.84. The van der Waals surface area contributed by atoms with Crippen LogP contribution in [-0.2, 0) is 7.05 Å². The van der Waals surface area contributed by atoms with Gasteiger partial charge in [-0.3, -0.25) is 9.78 Å². The summed E-state index contributed by atoms with van der Waals surface area (Å²) in [4.78, 5) is 8.74. The molecule has 0 amide bonds. The molecule has 0 unspecified atom stereocenters. The number of fused-ring (bicyclic) bond motifs is 3. The molecular formula is C11H9ClN8. The van der Waals surface area contributed by atoms with E-state index < -0.39 is 0 Å². The molecule has 0 fully saturated rings. The first-order valence-corrected chi connectivity index (χ1v) is 6.27. The molecule has 0 aliphatic carbocycles. The molecule has 0 aliphatic heterocycles. The largest absolute Gasteiger partial charge is 0.263 e.